The number of anilines is 3. The summed E-state index contributed by atoms with van der Waals surface area (Å²) in [6, 6.07) is 94.3. The van der Waals surface area contributed by atoms with E-state index in [0.717, 1.165) is 17.1 Å². The summed E-state index contributed by atoms with van der Waals surface area (Å²) in [5.74, 6) is 0. The van der Waals surface area contributed by atoms with Crippen molar-refractivity contribution >= 4 is 81.1 Å². The van der Waals surface area contributed by atoms with Gasteiger partial charge >= 0.3 is 0 Å². The lowest BCUT2D eigenvalue weighted by Gasteiger charge is -2.34. The van der Waals surface area contributed by atoms with Crippen molar-refractivity contribution in [1.29, 1.82) is 0 Å². The maximum Gasteiger partial charge on any atom is 0.0714 e. The Morgan fingerprint density at radius 3 is 1.79 bits per heavy atom. The number of aromatic nitrogens is 1. The van der Waals surface area contributed by atoms with Crippen molar-refractivity contribution in [3.05, 3.63) is 277 Å². The van der Waals surface area contributed by atoms with Crippen molar-refractivity contribution in [2.45, 2.75) is 5.41 Å². The van der Waals surface area contributed by atoms with Crippen LogP contribution in [-0.4, -0.2) is 4.57 Å². The first kappa shape index (κ1) is 38.7. The normalized spacial score (nSPS) is 12.8. The molecule has 0 fully saturated rings. The fourth-order valence-electron chi connectivity index (χ4n) is 11.6. The fraction of sp³-hybridized carbons (Fsp3) is 0.0154. The number of thiophene rings is 1. The quantitative estimate of drug-likeness (QED) is 0.155. The summed E-state index contributed by atoms with van der Waals surface area (Å²) >= 11 is 1.88. The molecule has 0 aliphatic heterocycles. The Morgan fingerprint density at radius 2 is 1.00 bits per heavy atom. The summed E-state index contributed by atoms with van der Waals surface area (Å²) in [6.07, 6.45) is 0. The molecule has 68 heavy (non-hydrogen) atoms. The van der Waals surface area contributed by atoms with E-state index in [1.807, 2.05) is 11.3 Å². The molecule has 0 amide bonds. The van der Waals surface area contributed by atoms with Gasteiger partial charge in [-0.1, -0.05) is 206 Å². The van der Waals surface area contributed by atoms with Gasteiger partial charge in [0.2, 0.25) is 0 Å². The highest BCUT2D eigenvalue weighted by atomic mass is 32.1. The van der Waals surface area contributed by atoms with E-state index in [1.54, 1.807) is 0 Å². The van der Waals surface area contributed by atoms with Crippen molar-refractivity contribution < 1.29 is 0 Å². The number of hydrogen-bond donors (Lipinski definition) is 0. The van der Waals surface area contributed by atoms with Gasteiger partial charge in [0.15, 0.2) is 0 Å². The SMILES string of the molecule is c1ccc(-n2c3cc(-c4ccc(N(c5cccc6c5-c5ccccc5C6(c5ccccc5)c5ccccc5)c5cccc6c5sc5ccccc56)cc4)ccc3c3ccc4ccccc4c32)cc1. The molecule has 0 bridgehead atoms. The van der Waals surface area contributed by atoms with Gasteiger partial charge in [0, 0.05) is 48.6 Å². The van der Waals surface area contributed by atoms with Crippen molar-refractivity contribution in [3.8, 4) is 27.9 Å². The van der Waals surface area contributed by atoms with E-state index in [0.29, 0.717) is 0 Å². The van der Waals surface area contributed by atoms with Crippen LogP contribution in [0.25, 0.3) is 80.7 Å². The van der Waals surface area contributed by atoms with Crippen LogP contribution in [-0.2, 0) is 5.41 Å². The van der Waals surface area contributed by atoms with E-state index in [4.69, 9.17) is 0 Å². The van der Waals surface area contributed by atoms with Gasteiger partial charge in [-0.25, -0.2) is 0 Å². The molecule has 318 valence electrons. The Bertz CT molecular complexity index is 4030. The highest BCUT2D eigenvalue weighted by Gasteiger charge is 2.47. The van der Waals surface area contributed by atoms with Crippen molar-refractivity contribution in [3.63, 3.8) is 0 Å². The Hall–Kier alpha value is -8.50. The molecule has 0 N–H and O–H groups in total. The monoisotopic (exact) mass is 882 g/mol. The van der Waals surface area contributed by atoms with Gasteiger partial charge in [0.05, 0.1) is 32.5 Å². The molecular weight excluding hydrogens is 841 g/mol. The molecule has 0 saturated carbocycles. The van der Waals surface area contributed by atoms with E-state index >= 15 is 0 Å². The van der Waals surface area contributed by atoms with Crippen LogP contribution in [0.2, 0.25) is 0 Å². The summed E-state index contributed by atoms with van der Waals surface area (Å²) < 4.78 is 5.01. The summed E-state index contributed by atoms with van der Waals surface area (Å²) in [7, 11) is 0. The van der Waals surface area contributed by atoms with Crippen molar-refractivity contribution in [2.75, 3.05) is 4.90 Å². The second-order valence-corrected chi connectivity index (χ2v) is 19.0. The molecule has 0 saturated heterocycles. The lowest BCUT2D eigenvalue weighted by atomic mass is 9.68. The molecule has 0 unspecified atom stereocenters. The third-order valence-electron chi connectivity index (χ3n) is 14.5. The highest BCUT2D eigenvalue weighted by molar-refractivity contribution is 7.26. The average molecular weight is 883 g/mol. The van der Waals surface area contributed by atoms with E-state index in [1.165, 1.54) is 103 Å². The third kappa shape index (κ3) is 5.63. The van der Waals surface area contributed by atoms with Gasteiger partial charge in [-0.15, -0.1) is 11.3 Å². The van der Waals surface area contributed by atoms with Crippen LogP contribution in [0.5, 0.6) is 0 Å². The first-order valence-electron chi connectivity index (χ1n) is 23.4. The van der Waals surface area contributed by atoms with Gasteiger partial charge < -0.3 is 9.47 Å². The third-order valence-corrected chi connectivity index (χ3v) is 15.7. The Kier molecular flexibility index (Phi) is 8.71. The van der Waals surface area contributed by atoms with E-state index in [-0.39, 0.29) is 0 Å². The number of para-hydroxylation sites is 1. The second-order valence-electron chi connectivity index (χ2n) is 17.9. The number of rotatable bonds is 7. The van der Waals surface area contributed by atoms with Gasteiger partial charge in [0.25, 0.3) is 0 Å². The Balaban J connectivity index is 0.994. The first-order valence-corrected chi connectivity index (χ1v) is 24.2. The largest absolute Gasteiger partial charge is 0.309 e. The minimum absolute atomic E-state index is 0.517. The van der Waals surface area contributed by atoms with E-state index in [2.05, 4.69) is 264 Å². The van der Waals surface area contributed by atoms with Gasteiger partial charge in [-0.05, 0) is 92.9 Å². The Morgan fingerprint density at radius 1 is 0.397 bits per heavy atom. The molecule has 11 aromatic carbocycles. The smallest absolute Gasteiger partial charge is 0.0714 e. The zero-order chi connectivity index (χ0) is 44.8. The minimum atomic E-state index is -0.517. The van der Waals surface area contributed by atoms with Crippen molar-refractivity contribution in [1.82, 2.24) is 4.57 Å². The summed E-state index contributed by atoms with van der Waals surface area (Å²) in [5, 5.41) is 7.57. The van der Waals surface area contributed by atoms with Gasteiger partial charge in [-0.3, -0.25) is 0 Å². The molecule has 0 spiro atoms. The lowest BCUT2D eigenvalue weighted by Crippen LogP contribution is -2.28. The highest BCUT2D eigenvalue weighted by Crippen LogP contribution is 2.60. The first-order chi connectivity index (χ1) is 33.8. The predicted molar refractivity (Wildman–Crippen MR) is 289 cm³/mol. The number of nitrogens with zero attached hydrogens (tertiary/aromatic N) is 2. The average Bonchev–Trinajstić information content (AvgIpc) is 4.07. The second kappa shape index (κ2) is 15.3. The molecule has 2 heterocycles. The standard InChI is InChI=1S/C65H42N2S/c1-4-19-46(20-5-1)65(47-21-6-2-7-22-47)56-29-14-12-27-55(56)62-57(65)30-17-31-58(62)66(59-32-16-28-54-52-26-13-15-33-61(52)68-64(54)59)49-38-34-43(35-39-49)45-37-40-51-53-41-36-44-18-10-11-25-50(44)63(53)67(60(51)42-45)48-23-8-3-9-24-48/h1-42H. The number of hydrogen-bond acceptors (Lipinski definition) is 2. The predicted octanol–water partition coefficient (Wildman–Crippen LogP) is 17.8. The van der Waals surface area contributed by atoms with Crippen LogP contribution >= 0.6 is 11.3 Å². The van der Waals surface area contributed by atoms with Crippen LogP contribution in [0.1, 0.15) is 22.3 Å². The van der Waals surface area contributed by atoms with Gasteiger partial charge in [0.1, 0.15) is 0 Å². The maximum atomic E-state index is 2.53. The number of benzene rings is 11. The van der Waals surface area contributed by atoms with Crippen LogP contribution in [0.4, 0.5) is 17.1 Å². The zero-order valence-electron chi connectivity index (χ0n) is 37.1. The Labute approximate surface area is 398 Å². The molecule has 2 nitrogen and oxygen atoms in total. The van der Waals surface area contributed by atoms with Gasteiger partial charge in [-0.2, -0.15) is 0 Å². The van der Waals surface area contributed by atoms with Crippen LogP contribution in [0.3, 0.4) is 0 Å². The molecule has 0 atom stereocenters. The molecule has 1 aliphatic rings. The molecule has 14 rings (SSSR count). The fourth-order valence-corrected chi connectivity index (χ4v) is 12.8. The van der Waals surface area contributed by atoms with Crippen molar-refractivity contribution in [2.24, 2.45) is 0 Å². The van der Waals surface area contributed by atoms with Crippen LogP contribution in [0, 0.1) is 0 Å². The zero-order valence-corrected chi connectivity index (χ0v) is 37.9. The topological polar surface area (TPSA) is 8.17 Å². The molecule has 2 aromatic heterocycles. The lowest BCUT2D eigenvalue weighted by molar-refractivity contribution is 0.768. The number of fused-ring (bicyclic) bond motifs is 11. The maximum absolute atomic E-state index is 2.53. The molecule has 13 aromatic rings. The van der Waals surface area contributed by atoms with E-state index in [9.17, 15) is 0 Å². The van der Waals surface area contributed by atoms with Crippen LogP contribution < -0.4 is 4.90 Å². The molecular formula is C65H42N2S. The molecule has 1 aliphatic carbocycles. The summed E-state index contributed by atoms with van der Waals surface area (Å²) in [6.45, 7) is 0. The summed E-state index contributed by atoms with van der Waals surface area (Å²) in [4.78, 5) is 2.53. The van der Waals surface area contributed by atoms with E-state index < -0.39 is 5.41 Å². The molecule has 0 radical (unpaired) electrons. The molecule has 3 heteroatoms. The van der Waals surface area contributed by atoms with Crippen LogP contribution in [0.15, 0.2) is 255 Å². The minimum Gasteiger partial charge on any atom is -0.309 e. The summed E-state index contributed by atoms with van der Waals surface area (Å²) in [5.41, 5.74) is 16.5.